The average molecular weight is 406 g/mol. The lowest BCUT2D eigenvalue weighted by Crippen LogP contribution is -2.42. The molecule has 1 N–H and O–H groups in total. The number of ether oxygens (including phenoxy) is 1. The highest BCUT2D eigenvalue weighted by Gasteiger charge is 2.29. The molecule has 0 spiro atoms. The highest BCUT2D eigenvalue weighted by Crippen LogP contribution is 2.23. The number of amides is 2. The van der Waals surface area contributed by atoms with Crippen molar-refractivity contribution in [3.05, 3.63) is 60.2 Å². The lowest BCUT2D eigenvalue weighted by molar-refractivity contribution is -0.153. The van der Waals surface area contributed by atoms with Crippen LogP contribution in [0.4, 0.5) is 23.7 Å². The molecule has 0 saturated carbocycles. The van der Waals surface area contributed by atoms with Crippen LogP contribution in [0.2, 0.25) is 0 Å². The third-order valence-electron chi connectivity index (χ3n) is 4.72. The molecule has 0 radical (unpaired) electrons. The molecule has 2 aromatic rings. The quantitative estimate of drug-likeness (QED) is 0.729. The van der Waals surface area contributed by atoms with Gasteiger partial charge in [0.05, 0.1) is 0 Å². The predicted molar refractivity (Wildman–Crippen MR) is 102 cm³/mol. The number of rotatable bonds is 5. The zero-order valence-corrected chi connectivity index (χ0v) is 15.6. The van der Waals surface area contributed by atoms with E-state index in [1.807, 2.05) is 18.2 Å². The Morgan fingerprint density at radius 1 is 1.00 bits per heavy atom. The fraction of sp³-hybridized carbons (Fsp3) is 0.333. The van der Waals surface area contributed by atoms with Crippen LogP contribution in [-0.2, 0) is 0 Å². The number of anilines is 1. The van der Waals surface area contributed by atoms with Crippen molar-refractivity contribution >= 4 is 17.5 Å². The van der Waals surface area contributed by atoms with E-state index in [1.54, 1.807) is 17.0 Å². The van der Waals surface area contributed by atoms with Crippen molar-refractivity contribution in [2.24, 2.45) is 5.92 Å². The lowest BCUT2D eigenvalue weighted by Gasteiger charge is -2.31. The van der Waals surface area contributed by atoms with Crippen LogP contribution in [-0.4, -0.2) is 42.6 Å². The van der Waals surface area contributed by atoms with Gasteiger partial charge < -0.3 is 15.0 Å². The standard InChI is InChI=1S/C21H21F3N2O3/c22-21(23,24)14-29-18-8-6-17(7-9-18)25-20(28)26-12-10-16(11-13-26)19(27)15-4-2-1-3-5-15/h1-9,16H,10-14H2,(H,25,28). The number of urea groups is 1. The molecule has 1 saturated heterocycles. The maximum absolute atomic E-state index is 12.5. The van der Waals surface area contributed by atoms with Crippen molar-refractivity contribution in [1.29, 1.82) is 0 Å². The van der Waals surface area contributed by atoms with E-state index in [1.165, 1.54) is 24.3 Å². The van der Waals surface area contributed by atoms with Gasteiger partial charge in [0.15, 0.2) is 12.4 Å². The number of halogens is 3. The Balaban J connectivity index is 1.48. The zero-order valence-electron chi connectivity index (χ0n) is 15.6. The first-order chi connectivity index (χ1) is 13.8. The molecule has 0 bridgehead atoms. The molecule has 29 heavy (non-hydrogen) atoms. The van der Waals surface area contributed by atoms with Gasteiger partial charge in [-0.2, -0.15) is 13.2 Å². The number of carbonyl (C=O) groups is 2. The van der Waals surface area contributed by atoms with E-state index in [-0.39, 0.29) is 23.5 Å². The topological polar surface area (TPSA) is 58.6 Å². The molecule has 1 fully saturated rings. The summed E-state index contributed by atoms with van der Waals surface area (Å²) < 4.78 is 41.1. The third kappa shape index (κ3) is 5.97. The van der Waals surface area contributed by atoms with E-state index in [4.69, 9.17) is 0 Å². The van der Waals surface area contributed by atoms with E-state index in [0.717, 1.165) is 0 Å². The zero-order chi connectivity index (χ0) is 20.9. The summed E-state index contributed by atoms with van der Waals surface area (Å²) in [6, 6.07) is 14.5. The SMILES string of the molecule is O=C(c1ccccc1)C1CCN(C(=O)Nc2ccc(OCC(F)(F)F)cc2)CC1. The minimum atomic E-state index is -4.40. The van der Waals surface area contributed by atoms with Crippen LogP contribution in [0.15, 0.2) is 54.6 Å². The summed E-state index contributed by atoms with van der Waals surface area (Å²) in [7, 11) is 0. The van der Waals surface area contributed by atoms with Gasteiger partial charge in [-0.05, 0) is 37.1 Å². The summed E-state index contributed by atoms with van der Waals surface area (Å²) in [5.74, 6) is 0.0622. The van der Waals surface area contributed by atoms with Gasteiger partial charge in [-0.25, -0.2) is 4.79 Å². The lowest BCUT2D eigenvalue weighted by atomic mass is 9.89. The van der Waals surface area contributed by atoms with Crippen molar-refractivity contribution in [2.45, 2.75) is 19.0 Å². The summed E-state index contributed by atoms with van der Waals surface area (Å²) in [5.41, 5.74) is 1.14. The monoisotopic (exact) mass is 406 g/mol. The van der Waals surface area contributed by atoms with Gasteiger partial charge in [-0.3, -0.25) is 4.79 Å². The van der Waals surface area contributed by atoms with Crippen LogP contribution in [0, 0.1) is 5.92 Å². The van der Waals surface area contributed by atoms with E-state index in [2.05, 4.69) is 10.1 Å². The highest BCUT2D eigenvalue weighted by atomic mass is 19.4. The summed E-state index contributed by atoms with van der Waals surface area (Å²) in [5, 5.41) is 2.71. The molecule has 5 nitrogen and oxygen atoms in total. The number of alkyl halides is 3. The van der Waals surface area contributed by atoms with Gasteiger partial charge in [0.25, 0.3) is 0 Å². The molecular weight excluding hydrogens is 385 g/mol. The average Bonchev–Trinajstić information content (AvgIpc) is 2.73. The summed E-state index contributed by atoms with van der Waals surface area (Å²) in [4.78, 5) is 26.5. The molecule has 0 atom stereocenters. The Kier molecular flexibility index (Phi) is 6.41. The Bertz CT molecular complexity index is 830. The smallest absolute Gasteiger partial charge is 0.422 e. The maximum atomic E-state index is 12.5. The number of ketones is 1. The number of Topliss-reactive ketones (excluding diaryl/α,β-unsaturated/α-hetero) is 1. The van der Waals surface area contributed by atoms with Crippen molar-refractivity contribution < 1.29 is 27.5 Å². The Morgan fingerprint density at radius 2 is 1.62 bits per heavy atom. The number of carbonyl (C=O) groups excluding carboxylic acids is 2. The largest absolute Gasteiger partial charge is 0.484 e. The minimum absolute atomic E-state index is 0.0700. The maximum Gasteiger partial charge on any atom is 0.422 e. The number of benzene rings is 2. The van der Waals surface area contributed by atoms with E-state index >= 15 is 0 Å². The van der Waals surface area contributed by atoms with Gasteiger partial charge in [-0.1, -0.05) is 30.3 Å². The fourth-order valence-corrected chi connectivity index (χ4v) is 3.19. The van der Waals surface area contributed by atoms with Crippen LogP contribution in [0.3, 0.4) is 0 Å². The third-order valence-corrected chi connectivity index (χ3v) is 4.72. The Labute approximate surface area is 166 Å². The fourth-order valence-electron chi connectivity index (χ4n) is 3.19. The number of nitrogens with zero attached hydrogens (tertiary/aromatic N) is 1. The van der Waals surface area contributed by atoms with E-state index in [0.29, 0.717) is 37.2 Å². The molecule has 0 aromatic heterocycles. The first-order valence-electron chi connectivity index (χ1n) is 9.26. The molecule has 2 amide bonds. The highest BCUT2D eigenvalue weighted by molar-refractivity contribution is 5.98. The summed E-state index contributed by atoms with van der Waals surface area (Å²) >= 11 is 0. The molecule has 0 unspecified atom stereocenters. The number of piperidine rings is 1. The molecule has 2 aromatic carbocycles. The van der Waals surface area contributed by atoms with Crippen molar-refractivity contribution in [1.82, 2.24) is 4.90 Å². The van der Waals surface area contributed by atoms with Crippen LogP contribution < -0.4 is 10.1 Å². The minimum Gasteiger partial charge on any atom is -0.484 e. The van der Waals surface area contributed by atoms with Crippen molar-refractivity contribution in [3.8, 4) is 5.75 Å². The number of nitrogens with one attached hydrogen (secondary N) is 1. The number of hydrogen-bond donors (Lipinski definition) is 1. The molecule has 1 aliphatic rings. The second-order valence-corrected chi connectivity index (χ2v) is 6.85. The van der Waals surface area contributed by atoms with E-state index in [9.17, 15) is 22.8 Å². The molecule has 1 aliphatic heterocycles. The Hall–Kier alpha value is -3.03. The van der Waals surface area contributed by atoms with Crippen LogP contribution in [0.5, 0.6) is 5.75 Å². The van der Waals surface area contributed by atoms with Crippen LogP contribution >= 0.6 is 0 Å². The first kappa shape index (κ1) is 20.7. The van der Waals surface area contributed by atoms with Gasteiger partial charge >= 0.3 is 12.2 Å². The normalized spacial score (nSPS) is 15.1. The summed E-state index contributed by atoms with van der Waals surface area (Å²) in [6.45, 7) is -0.445. The summed E-state index contributed by atoms with van der Waals surface area (Å²) in [6.07, 6.45) is -3.22. The molecule has 3 rings (SSSR count). The molecular formula is C21H21F3N2O3. The molecule has 1 heterocycles. The van der Waals surface area contributed by atoms with Gasteiger partial charge in [0.2, 0.25) is 0 Å². The van der Waals surface area contributed by atoms with Gasteiger partial charge in [0.1, 0.15) is 5.75 Å². The predicted octanol–water partition coefficient (Wildman–Crippen LogP) is 4.75. The molecule has 154 valence electrons. The van der Waals surface area contributed by atoms with Crippen LogP contribution in [0.25, 0.3) is 0 Å². The molecule has 0 aliphatic carbocycles. The van der Waals surface area contributed by atoms with Gasteiger partial charge in [0, 0.05) is 30.3 Å². The van der Waals surface area contributed by atoms with E-state index < -0.39 is 12.8 Å². The number of likely N-dealkylation sites (tertiary alicyclic amines) is 1. The number of hydrogen-bond acceptors (Lipinski definition) is 3. The molecule has 8 heteroatoms. The first-order valence-corrected chi connectivity index (χ1v) is 9.26. The second kappa shape index (κ2) is 8.98. The van der Waals surface area contributed by atoms with Crippen LogP contribution in [0.1, 0.15) is 23.2 Å². The van der Waals surface area contributed by atoms with Crippen molar-refractivity contribution in [2.75, 3.05) is 25.0 Å². The second-order valence-electron chi connectivity index (χ2n) is 6.85. The Morgan fingerprint density at radius 3 is 2.21 bits per heavy atom. The van der Waals surface area contributed by atoms with Crippen molar-refractivity contribution in [3.63, 3.8) is 0 Å². The van der Waals surface area contributed by atoms with Gasteiger partial charge in [-0.15, -0.1) is 0 Å².